The largest absolute Gasteiger partial charge is 0.447 e. The Morgan fingerprint density at radius 3 is 2.48 bits per heavy atom. The molecule has 6 heteroatoms. The number of rotatable bonds is 9. The van der Waals surface area contributed by atoms with E-state index in [1.807, 2.05) is 6.92 Å². The van der Waals surface area contributed by atoms with E-state index in [2.05, 4.69) is 10.0 Å². The van der Waals surface area contributed by atoms with E-state index in [4.69, 9.17) is 4.42 Å². The van der Waals surface area contributed by atoms with Crippen LogP contribution in [0.4, 0.5) is 0 Å². The topological polar surface area (TPSA) is 71.3 Å². The average molecular weight is 312 g/mol. The molecular weight excluding hydrogens is 288 g/mol. The maximum Gasteiger partial charge on any atom is 0.273 e. The number of sulfonamides is 1. The molecule has 0 aromatic carbocycles. The van der Waals surface area contributed by atoms with Crippen LogP contribution in [0.1, 0.15) is 38.4 Å². The summed E-state index contributed by atoms with van der Waals surface area (Å²) in [5.41, 5.74) is 0. The molecule has 2 saturated carbocycles. The zero-order valence-corrected chi connectivity index (χ0v) is 13.3. The summed E-state index contributed by atoms with van der Waals surface area (Å²) >= 11 is 0. The van der Waals surface area contributed by atoms with Gasteiger partial charge >= 0.3 is 0 Å². The maximum absolute atomic E-state index is 12.3. The van der Waals surface area contributed by atoms with Gasteiger partial charge in [0.25, 0.3) is 10.0 Å². The van der Waals surface area contributed by atoms with Gasteiger partial charge < -0.3 is 9.73 Å². The first kappa shape index (κ1) is 15.1. The SMILES string of the molecule is CCNCc1ccc(S(=O)(=O)NCC(C2CC2)C2CC2)o1. The second-order valence-electron chi connectivity index (χ2n) is 6.19. The summed E-state index contributed by atoms with van der Waals surface area (Å²) in [5.74, 6) is 2.65. The highest BCUT2D eigenvalue weighted by molar-refractivity contribution is 7.89. The predicted molar refractivity (Wildman–Crippen MR) is 80.2 cm³/mol. The van der Waals surface area contributed by atoms with Crippen molar-refractivity contribution in [2.75, 3.05) is 13.1 Å². The molecule has 5 nitrogen and oxygen atoms in total. The molecule has 21 heavy (non-hydrogen) atoms. The molecule has 0 unspecified atom stereocenters. The molecule has 0 spiro atoms. The second-order valence-corrected chi connectivity index (χ2v) is 7.89. The minimum Gasteiger partial charge on any atom is -0.447 e. The quantitative estimate of drug-likeness (QED) is 0.732. The van der Waals surface area contributed by atoms with Crippen LogP contribution in [0.3, 0.4) is 0 Å². The van der Waals surface area contributed by atoms with Gasteiger partial charge in [-0.3, -0.25) is 0 Å². The highest BCUT2D eigenvalue weighted by atomic mass is 32.2. The van der Waals surface area contributed by atoms with Gasteiger partial charge in [-0.25, -0.2) is 13.1 Å². The molecule has 1 aromatic heterocycles. The van der Waals surface area contributed by atoms with Crippen molar-refractivity contribution in [2.24, 2.45) is 17.8 Å². The molecule has 118 valence electrons. The van der Waals surface area contributed by atoms with Crippen molar-refractivity contribution >= 4 is 10.0 Å². The lowest BCUT2D eigenvalue weighted by Gasteiger charge is -2.15. The van der Waals surface area contributed by atoms with Gasteiger partial charge in [0.2, 0.25) is 5.09 Å². The molecule has 0 amide bonds. The summed E-state index contributed by atoms with van der Waals surface area (Å²) in [4.78, 5) is 0. The standard InChI is InChI=1S/C15H24N2O3S/c1-2-16-9-13-7-8-15(20-13)21(18,19)17-10-14(11-3-4-11)12-5-6-12/h7-8,11-12,14,16-17H,2-6,9-10H2,1H3. The first-order valence-electron chi connectivity index (χ1n) is 7.89. The van der Waals surface area contributed by atoms with Crippen LogP contribution >= 0.6 is 0 Å². The fourth-order valence-corrected chi connectivity index (χ4v) is 3.91. The molecule has 2 N–H and O–H groups in total. The molecular formula is C15H24N2O3S. The van der Waals surface area contributed by atoms with Gasteiger partial charge in [0, 0.05) is 6.54 Å². The van der Waals surface area contributed by atoms with Gasteiger partial charge in [0.15, 0.2) is 0 Å². The molecule has 0 radical (unpaired) electrons. The first-order chi connectivity index (χ1) is 10.1. The smallest absolute Gasteiger partial charge is 0.273 e. The van der Waals surface area contributed by atoms with Crippen molar-refractivity contribution in [3.05, 3.63) is 17.9 Å². The van der Waals surface area contributed by atoms with E-state index in [0.29, 0.717) is 24.8 Å². The molecule has 1 aromatic rings. The molecule has 2 aliphatic carbocycles. The molecule has 0 aliphatic heterocycles. The van der Waals surface area contributed by atoms with Gasteiger partial charge in [0.1, 0.15) is 5.76 Å². The van der Waals surface area contributed by atoms with Crippen LogP contribution in [-0.2, 0) is 16.6 Å². The third-order valence-corrected chi connectivity index (χ3v) is 5.71. The Hall–Kier alpha value is -0.850. The van der Waals surface area contributed by atoms with Crippen LogP contribution in [-0.4, -0.2) is 21.5 Å². The van der Waals surface area contributed by atoms with E-state index in [0.717, 1.165) is 18.4 Å². The van der Waals surface area contributed by atoms with Crippen LogP contribution < -0.4 is 10.0 Å². The molecule has 0 saturated heterocycles. The lowest BCUT2D eigenvalue weighted by atomic mass is 9.99. The van der Waals surface area contributed by atoms with Gasteiger partial charge in [-0.1, -0.05) is 6.92 Å². The minimum absolute atomic E-state index is 0.0285. The normalized spacial score (nSPS) is 19.3. The van der Waals surface area contributed by atoms with Crippen molar-refractivity contribution in [2.45, 2.75) is 44.2 Å². The lowest BCUT2D eigenvalue weighted by molar-refractivity contribution is 0.385. The third kappa shape index (κ3) is 3.87. The molecule has 0 atom stereocenters. The van der Waals surface area contributed by atoms with Crippen LogP contribution in [0.2, 0.25) is 0 Å². The van der Waals surface area contributed by atoms with Gasteiger partial charge in [-0.05, 0) is 62.1 Å². The number of furan rings is 1. The molecule has 3 rings (SSSR count). The molecule has 2 aliphatic rings. The number of hydrogen-bond acceptors (Lipinski definition) is 4. The van der Waals surface area contributed by atoms with E-state index in [1.165, 1.54) is 31.7 Å². The number of hydrogen-bond donors (Lipinski definition) is 2. The summed E-state index contributed by atoms with van der Waals surface area (Å²) in [5, 5.41) is 3.15. The number of nitrogens with one attached hydrogen (secondary N) is 2. The van der Waals surface area contributed by atoms with Crippen LogP contribution in [0.5, 0.6) is 0 Å². The average Bonchev–Trinajstić information content (AvgIpc) is 3.38. The summed E-state index contributed by atoms with van der Waals surface area (Å²) in [6.45, 7) is 3.93. The van der Waals surface area contributed by atoms with Crippen molar-refractivity contribution in [1.82, 2.24) is 10.0 Å². The van der Waals surface area contributed by atoms with Crippen molar-refractivity contribution in [3.63, 3.8) is 0 Å². The van der Waals surface area contributed by atoms with Gasteiger partial charge in [0.05, 0.1) is 6.54 Å². The van der Waals surface area contributed by atoms with Gasteiger partial charge in [-0.2, -0.15) is 0 Å². The van der Waals surface area contributed by atoms with Crippen molar-refractivity contribution < 1.29 is 12.8 Å². The maximum atomic E-state index is 12.3. The summed E-state index contributed by atoms with van der Waals surface area (Å²) in [6.07, 6.45) is 5.04. The molecule has 0 bridgehead atoms. The third-order valence-electron chi connectivity index (χ3n) is 4.42. The van der Waals surface area contributed by atoms with Gasteiger partial charge in [-0.15, -0.1) is 0 Å². The highest BCUT2D eigenvalue weighted by Crippen LogP contribution is 2.48. The Balaban J connectivity index is 1.58. The summed E-state index contributed by atoms with van der Waals surface area (Å²) in [7, 11) is -3.52. The van der Waals surface area contributed by atoms with Crippen molar-refractivity contribution in [1.29, 1.82) is 0 Å². The summed E-state index contributed by atoms with van der Waals surface area (Å²) < 4.78 is 32.7. The Kier molecular flexibility index (Phi) is 4.38. The van der Waals surface area contributed by atoms with E-state index < -0.39 is 10.0 Å². The van der Waals surface area contributed by atoms with Crippen molar-refractivity contribution in [3.8, 4) is 0 Å². The predicted octanol–water partition coefficient (Wildman–Crippen LogP) is 2.10. The Labute approximate surface area is 126 Å². The fraction of sp³-hybridized carbons (Fsp3) is 0.733. The Bertz CT molecular complexity index is 561. The van der Waals surface area contributed by atoms with E-state index in [-0.39, 0.29) is 5.09 Å². The van der Waals surface area contributed by atoms with E-state index in [1.54, 1.807) is 6.07 Å². The lowest BCUT2D eigenvalue weighted by Crippen LogP contribution is -2.31. The molecule has 1 heterocycles. The van der Waals surface area contributed by atoms with E-state index >= 15 is 0 Å². The first-order valence-corrected chi connectivity index (χ1v) is 9.37. The van der Waals surface area contributed by atoms with E-state index in [9.17, 15) is 8.42 Å². The zero-order valence-electron chi connectivity index (χ0n) is 12.5. The monoisotopic (exact) mass is 312 g/mol. The van der Waals surface area contributed by atoms with Crippen LogP contribution in [0, 0.1) is 17.8 Å². The van der Waals surface area contributed by atoms with Crippen LogP contribution in [0.25, 0.3) is 0 Å². The second kappa shape index (κ2) is 6.10. The Morgan fingerprint density at radius 2 is 1.90 bits per heavy atom. The fourth-order valence-electron chi connectivity index (χ4n) is 2.89. The molecule has 2 fully saturated rings. The Morgan fingerprint density at radius 1 is 1.24 bits per heavy atom. The zero-order chi connectivity index (χ0) is 14.9. The highest BCUT2D eigenvalue weighted by Gasteiger charge is 2.41. The summed E-state index contributed by atoms with van der Waals surface area (Å²) in [6, 6.07) is 3.26. The minimum atomic E-state index is -3.52. The van der Waals surface area contributed by atoms with Crippen LogP contribution in [0.15, 0.2) is 21.6 Å².